The molecule has 2 aromatic heterocycles. The van der Waals surface area contributed by atoms with E-state index in [9.17, 15) is 5.11 Å². The van der Waals surface area contributed by atoms with Crippen LogP contribution in [0, 0.1) is 0 Å². The lowest BCUT2D eigenvalue weighted by atomic mass is 10.2. The fourth-order valence-corrected chi connectivity index (χ4v) is 2.67. The van der Waals surface area contributed by atoms with Gasteiger partial charge >= 0.3 is 0 Å². The Morgan fingerprint density at radius 2 is 2.42 bits per heavy atom. The number of nitrogens with one attached hydrogen (secondary N) is 1. The largest absolute Gasteiger partial charge is 0.395 e. The van der Waals surface area contributed by atoms with E-state index in [4.69, 9.17) is 0 Å². The molecular formula is C13H19N5O. The van der Waals surface area contributed by atoms with Crippen LogP contribution in [0.2, 0.25) is 0 Å². The molecule has 0 spiro atoms. The van der Waals surface area contributed by atoms with E-state index in [2.05, 4.69) is 20.3 Å². The monoisotopic (exact) mass is 261 g/mol. The minimum atomic E-state index is 0.129. The van der Waals surface area contributed by atoms with Gasteiger partial charge in [0.1, 0.15) is 5.52 Å². The van der Waals surface area contributed by atoms with Gasteiger partial charge in [-0.15, -0.1) is 0 Å². The average Bonchev–Trinajstić information content (AvgIpc) is 3.08. The van der Waals surface area contributed by atoms with Gasteiger partial charge in [0, 0.05) is 31.5 Å². The Balaban J connectivity index is 1.87. The van der Waals surface area contributed by atoms with E-state index in [0.717, 1.165) is 24.4 Å². The molecule has 1 aliphatic rings. The molecule has 0 radical (unpaired) electrons. The standard InChI is InChI=1S/C13H19N5O/c19-9-8-17(10-11-2-1-4-14-11)13-12-3-5-16-18(12)7-6-15-13/h3,5-7,11,14,19H,1-2,4,8-10H2. The molecule has 1 atom stereocenters. The van der Waals surface area contributed by atoms with E-state index in [-0.39, 0.29) is 6.61 Å². The highest BCUT2D eigenvalue weighted by Gasteiger charge is 2.20. The number of hydrogen-bond acceptors (Lipinski definition) is 5. The molecule has 0 bridgehead atoms. The lowest BCUT2D eigenvalue weighted by Gasteiger charge is -2.26. The molecule has 6 nitrogen and oxygen atoms in total. The highest BCUT2D eigenvalue weighted by molar-refractivity contribution is 5.68. The Kier molecular flexibility index (Phi) is 3.61. The second-order valence-corrected chi connectivity index (χ2v) is 4.87. The van der Waals surface area contributed by atoms with E-state index in [0.29, 0.717) is 12.6 Å². The lowest BCUT2D eigenvalue weighted by Crippen LogP contribution is -2.39. The molecule has 0 saturated carbocycles. The number of aliphatic hydroxyl groups excluding tert-OH is 1. The molecule has 0 amide bonds. The fraction of sp³-hybridized carbons (Fsp3) is 0.538. The van der Waals surface area contributed by atoms with Gasteiger partial charge in [0.2, 0.25) is 0 Å². The number of aliphatic hydroxyl groups is 1. The molecule has 102 valence electrons. The molecule has 3 heterocycles. The molecular weight excluding hydrogens is 242 g/mol. The Bertz CT molecular complexity index is 535. The zero-order valence-electron chi connectivity index (χ0n) is 10.9. The minimum absolute atomic E-state index is 0.129. The van der Waals surface area contributed by atoms with Crippen molar-refractivity contribution in [1.82, 2.24) is 19.9 Å². The van der Waals surface area contributed by atoms with Gasteiger partial charge < -0.3 is 15.3 Å². The molecule has 0 aliphatic carbocycles. The third-order valence-corrected chi connectivity index (χ3v) is 3.58. The molecule has 1 fully saturated rings. The smallest absolute Gasteiger partial charge is 0.154 e. The quantitative estimate of drug-likeness (QED) is 0.809. The van der Waals surface area contributed by atoms with Gasteiger partial charge in [-0.3, -0.25) is 0 Å². The summed E-state index contributed by atoms with van der Waals surface area (Å²) in [7, 11) is 0. The molecule has 19 heavy (non-hydrogen) atoms. The summed E-state index contributed by atoms with van der Waals surface area (Å²) in [6.07, 6.45) is 7.77. The van der Waals surface area contributed by atoms with Crippen LogP contribution in [0.5, 0.6) is 0 Å². The number of anilines is 1. The van der Waals surface area contributed by atoms with E-state index < -0.39 is 0 Å². The fourth-order valence-electron chi connectivity index (χ4n) is 2.67. The van der Waals surface area contributed by atoms with Crippen LogP contribution in [-0.2, 0) is 0 Å². The summed E-state index contributed by atoms with van der Waals surface area (Å²) in [5.74, 6) is 0.891. The van der Waals surface area contributed by atoms with Crippen LogP contribution in [0.4, 0.5) is 5.82 Å². The number of nitrogens with zero attached hydrogens (tertiary/aromatic N) is 4. The summed E-state index contributed by atoms with van der Waals surface area (Å²) < 4.78 is 1.81. The summed E-state index contributed by atoms with van der Waals surface area (Å²) in [5, 5.41) is 17.0. The van der Waals surface area contributed by atoms with Crippen LogP contribution in [0.15, 0.2) is 24.7 Å². The van der Waals surface area contributed by atoms with E-state index in [1.54, 1.807) is 12.4 Å². The van der Waals surface area contributed by atoms with Crippen LogP contribution >= 0.6 is 0 Å². The van der Waals surface area contributed by atoms with Crippen molar-refractivity contribution in [2.24, 2.45) is 0 Å². The summed E-state index contributed by atoms with van der Waals surface area (Å²) in [6, 6.07) is 2.44. The van der Waals surface area contributed by atoms with E-state index in [1.807, 2.05) is 16.8 Å². The third-order valence-electron chi connectivity index (χ3n) is 3.58. The number of fused-ring (bicyclic) bond motifs is 1. The second-order valence-electron chi connectivity index (χ2n) is 4.87. The molecule has 1 saturated heterocycles. The zero-order valence-corrected chi connectivity index (χ0v) is 10.9. The van der Waals surface area contributed by atoms with Crippen molar-refractivity contribution in [2.45, 2.75) is 18.9 Å². The van der Waals surface area contributed by atoms with Crippen LogP contribution in [0.25, 0.3) is 5.52 Å². The first-order valence-corrected chi connectivity index (χ1v) is 6.76. The molecule has 1 aliphatic heterocycles. The first kappa shape index (κ1) is 12.4. The van der Waals surface area contributed by atoms with Gasteiger partial charge in [0.25, 0.3) is 0 Å². The molecule has 6 heteroatoms. The normalized spacial score (nSPS) is 19.1. The maximum atomic E-state index is 9.28. The average molecular weight is 261 g/mol. The Morgan fingerprint density at radius 1 is 1.47 bits per heavy atom. The number of rotatable bonds is 5. The van der Waals surface area contributed by atoms with Gasteiger partial charge in [-0.25, -0.2) is 9.50 Å². The van der Waals surface area contributed by atoms with Crippen molar-refractivity contribution in [3.05, 3.63) is 24.7 Å². The van der Waals surface area contributed by atoms with Crippen LogP contribution in [0.3, 0.4) is 0 Å². The first-order valence-electron chi connectivity index (χ1n) is 6.76. The molecule has 0 aromatic carbocycles. The van der Waals surface area contributed by atoms with Gasteiger partial charge in [0.15, 0.2) is 5.82 Å². The van der Waals surface area contributed by atoms with Gasteiger partial charge in [-0.1, -0.05) is 0 Å². The van der Waals surface area contributed by atoms with Crippen molar-refractivity contribution in [1.29, 1.82) is 0 Å². The second kappa shape index (κ2) is 5.54. The minimum Gasteiger partial charge on any atom is -0.395 e. The predicted molar refractivity (Wildman–Crippen MR) is 73.3 cm³/mol. The summed E-state index contributed by atoms with van der Waals surface area (Å²) in [4.78, 5) is 6.61. The van der Waals surface area contributed by atoms with Crippen LogP contribution in [-0.4, -0.2) is 52.0 Å². The van der Waals surface area contributed by atoms with E-state index >= 15 is 0 Å². The van der Waals surface area contributed by atoms with Crippen molar-refractivity contribution in [3.8, 4) is 0 Å². The third kappa shape index (κ3) is 2.54. The summed E-state index contributed by atoms with van der Waals surface area (Å²) in [5.41, 5.74) is 0.981. The molecule has 2 aromatic rings. The molecule has 3 rings (SSSR count). The van der Waals surface area contributed by atoms with Crippen molar-refractivity contribution < 1.29 is 5.11 Å². The zero-order chi connectivity index (χ0) is 13.1. The summed E-state index contributed by atoms with van der Waals surface area (Å²) >= 11 is 0. The maximum Gasteiger partial charge on any atom is 0.154 e. The number of hydrogen-bond donors (Lipinski definition) is 2. The predicted octanol–water partition coefficient (Wildman–Crippen LogP) is 0.280. The van der Waals surface area contributed by atoms with Crippen LogP contribution < -0.4 is 10.2 Å². The highest BCUT2D eigenvalue weighted by atomic mass is 16.3. The summed E-state index contributed by atoms with van der Waals surface area (Å²) in [6.45, 7) is 2.68. The van der Waals surface area contributed by atoms with Crippen molar-refractivity contribution in [2.75, 3.05) is 31.1 Å². The van der Waals surface area contributed by atoms with Gasteiger partial charge in [0.05, 0.1) is 12.8 Å². The molecule has 1 unspecified atom stereocenters. The van der Waals surface area contributed by atoms with Crippen molar-refractivity contribution in [3.63, 3.8) is 0 Å². The Hall–Kier alpha value is -1.66. The lowest BCUT2D eigenvalue weighted by molar-refractivity contribution is 0.300. The molecule has 2 N–H and O–H groups in total. The number of aromatic nitrogens is 3. The maximum absolute atomic E-state index is 9.28. The van der Waals surface area contributed by atoms with Gasteiger partial charge in [-0.05, 0) is 25.5 Å². The first-order chi connectivity index (χ1) is 9.38. The van der Waals surface area contributed by atoms with Gasteiger partial charge in [-0.2, -0.15) is 5.10 Å². The topological polar surface area (TPSA) is 65.7 Å². The Morgan fingerprint density at radius 3 is 3.21 bits per heavy atom. The Labute approximate surface area is 112 Å². The highest BCUT2D eigenvalue weighted by Crippen LogP contribution is 2.19. The SMILES string of the molecule is OCCN(CC1CCCN1)c1nccn2nccc12. The van der Waals surface area contributed by atoms with E-state index in [1.165, 1.54) is 12.8 Å². The van der Waals surface area contributed by atoms with Crippen LogP contribution in [0.1, 0.15) is 12.8 Å². The van der Waals surface area contributed by atoms with Crippen molar-refractivity contribution >= 4 is 11.3 Å².